The van der Waals surface area contributed by atoms with Gasteiger partial charge in [-0.05, 0) is 37.3 Å². The number of fused-ring (bicyclic) bond motifs is 1. The van der Waals surface area contributed by atoms with E-state index >= 15 is 0 Å². The first-order valence-corrected chi connectivity index (χ1v) is 11.6. The van der Waals surface area contributed by atoms with Crippen LogP contribution in [-0.4, -0.2) is 27.8 Å². The van der Waals surface area contributed by atoms with Crippen molar-refractivity contribution in [3.8, 4) is 17.1 Å². The molecule has 1 aliphatic heterocycles. The molecule has 0 saturated heterocycles. The fraction of sp³-hybridized carbons (Fsp3) is 0.115. The highest BCUT2D eigenvalue weighted by atomic mass is 35.5. The Labute approximate surface area is 212 Å². The lowest BCUT2D eigenvalue weighted by Gasteiger charge is -2.29. The highest BCUT2D eigenvalue weighted by Crippen LogP contribution is 2.41. The minimum absolute atomic E-state index is 0.286. The first-order valence-electron chi connectivity index (χ1n) is 10.9. The Hall–Kier alpha value is -3.81. The molecule has 2 N–H and O–H groups in total. The van der Waals surface area contributed by atoms with E-state index < -0.39 is 6.04 Å². The molecular weight excluding hydrogens is 485 g/mol. The molecule has 7 nitrogen and oxygen atoms in total. The maximum absolute atomic E-state index is 13.6. The van der Waals surface area contributed by atoms with Gasteiger partial charge < -0.3 is 15.4 Å². The van der Waals surface area contributed by atoms with Crippen molar-refractivity contribution in [1.82, 2.24) is 14.8 Å². The molecule has 0 radical (unpaired) electrons. The molecule has 4 aromatic rings. The number of benzene rings is 3. The third kappa shape index (κ3) is 4.36. The number of halogens is 2. The predicted molar refractivity (Wildman–Crippen MR) is 138 cm³/mol. The fourth-order valence-electron chi connectivity index (χ4n) is 4.07. The van der Waals surface area contributed by atoms with Crippen molar-refractivity contribution >= 4 is 40.7 Å². The first-order chi connectivity index (χ1) is 17.0. The van der Waals surface area contributed by atoms with Crippen molar-refractivity contribution in [2.75, 3.05) is 17.7 Å². The summed E-state index contributed by atoms with van der Waals surface area (Å²) in [5, 5.41) is 11.7. The van der Waals surface area contributed by atoms with Gasteiger partial charge in [-0.25, -0.2) is 4.68 Å². The van der Waals surface area contributed by atoms with Gasteiger partial charge >= 0.3 is 0 Å². The standard InChI is InChI=1S/C26H21Cl2N5O2/c1-15-21(25(34)30-17-9-4-3-5-10-17)23(19-12-7-13-20(27)22(19)28)33-26(29-15)31-24(32-33)16-8-6-11-18(14-16)35-2/h3-14,23H,1-2H3,(H,30,34)(H,29,31,32). The molecule has 1 amide bonds. The number of hydrogen-bond acceptors (Lipinski definition) is 5. The summed E-state index contributed by atoms with van der Waals surface area (Å²) < 4.78 is 7.01. The highest BCUT2D eigenvalue weighted by Gasteiger charge is 2.36. The van der Waals surface area contributed by atoms with Crippen LogP contribution in [0.3, 0.4) is 0 Å². The van der Waals surface area contributed by atoms with E-state index in [1.807, 2.05) is 67.6 Å². The van der Waals surface area contributed by atoms with Crippen molar-refractivity contribution in [3.05, 3.63) is 99.7 Å². The number of aromatic nitrogens is 3. The molecule has 1 unspecified atom stereocenters. The smallest absolute Gasteiger partial charge is 0.255 e. The van der Waals surface area contributed by atoms with Crippen LogP contribution in [-0.2, 0) is 4.79 Å². The van der Waals surface area contributed by atoms with Crippen LogP contribution < -0.4 is 15.4 Å². The number of allylic oxidation sites excluding steroid dienone is 1. The quantitative estimate of drug-likeness (QED) is 0.338. The average molecular weight is 506 g/mol. The van der Waals surface area contributed by atoms with Gasteiger partial charge in [-0.1, -0.05) is 65.7 Å². The van der Waals surface area contributed by atoms with Crippen molar-refractivity contribution in [1.29, 1.82) is 0 Å². The van der Waals surface area contributed by atoms with Crippen LogP contribution in [0.25, 0.3) is 11.4 Å². The number of nitrogens with one attached hydrogen (secondary N) is 2. The van der Waals surface area contributed by atoms with E-state index in [9.17, 15) is 4.79 Å². The lowest BCUT2D eigenvalue weighted by molar-refractivity contribution is -0.113. The molecule has 1 atom stereocenters. The van der Waals surface area contributed by atoms with Crippen LogP contribution >= 0.6 is 23.2 Å². The van der Waals surface area contributed by atoms with Gasteiger partial charge in [-0.3, -0.25) is 4.79 Å². The third-order valence-corrected chi connectivity index (χ3v) is 6.57. The number of methoxy groups -OCH3 is 1. The Morgan fingerprint density at radius 3 is 2.60 bits per heavy atom. The number of ether oxygens (including phenoxy) is 1. The number of anilines is 2. The molecule has 0 fully saturated rings. The zero-order valence-corrected chi connectivity index (χ0v) is 20.4. The number of carbonyl (C=O) groups excluding carboxylic acids is 1. The van der Waals surface area contributed by atoms with Gasteiger partial charge in [0.2, 0.25) is 5.95 Å². The van der Waals surface area contributed by atoms with Gasteiger partial charge in [0.15, 0.2) is 5.82 Å². The molecule has 5 rings (SSSR count). The Bertz CT molecular complexity index is 1450. The number of rotatable bonds is 5. The zero-order chi connectivity index (χ0) is 24.5. The Morgan fingerprint density at radius 1 is 1.06 bits per heavy atom. The van der Waals surface area contributed by atoms with Crippen LogP contribution in [0.4, 0.5) is 11.6 Å². The van der Waals surface area contributed by atoms with Crippen LogP contribution in [0.5, 0.6) is 5.75 Å². The second-order valence-electron chi connectivity index (χ2n) is 7.96. The Morgan fingerprint density at radius 2 is 1.83 bits per heavy atom. The van der Waals surface area contributed by atoms with E-state index in [1.54, 1.807) is 23.9 Å². The largest absolute Gasteiger partial charge is 0.497 e. The van der Waals surface area contributed by atoms with E-state index in [-0.39, 0.29) is 5.91 Å². The lowest BCUT2D eigenvalue weighted by atomic mass is 9.95. The highest BCUT2D eigenvalue weighted by molar-refractivity contribution is 6.42. The molecule has 1 aromatic heterocycles. The molecule has 0 saturated carbocycles. The van der Waals surface area contributed by atoms with E-state index in [0.717, 1.165) is 5.56 Å². The van der Waals surface area contributed by atoms with Gasteiger partial charge in [-0.2, -0.15) is 4.98 Å². The first kappa shape index (κ1) is 23.0. The molecule has 9 heteroatoms. The summed E-state index contributed by atoms with van der Waals surface area (Å²) in [5.74, 6) is 1.37. The summed E-state index contributed by atoms with van der Waals surface area (Å²) in [7, 11) is 1.61. The number of nitrogens with zero attached hydrogens (tertiary/aromatic N) is 3. The molecule has 35 heavy (non-hydrogen) atoms. The molecule has 0 bridgehead atoms. The number of para-hydroxylation sites is 1. The second-order valence-corrected chi connectivity index (χ2v) is 8.75. The molecule has 176 valence electrons. The summed E-state index contributed by atoms with van der Waals surface area (Å²) in [6, 6.07) is 21.4. The maximum atomic E-state index is 13.6. The third-order valence-electron chi connectivity index (χ3n) is 5.73. The fourth-order valence-corrected chi connectivity index (χ4v) is 4.48. The summed E-state index contributed by atoms with van der Waals surface area (Å²) >= 11 is 13.0. The van der Waals surface area contributed by atoms with Crippen LogP contribution in [0.15, 0.2) is 84.1 Å². The van der Waals surface area contributed by atoms with E-state index in [2.05, 4.69) is 10.6 Å². The van der Waals surface area contributed by atoms with Gasteiger partial charge in [0.25, 0.3) is 5.91 Å². The summed E-state index contributed by atoms with van der Waals surface area (Å²) in [5.41, 5.74) is 3.18. The van der Waals surface area contributed by atoms with E-state index in [0.29, 0.717) is 50.1 Å². The summed E-state index contributed by atoms with van der Waals surface area (Å²) in [4.78, 5) is 18.3. The van der Waals surface area contributed by atoms with Gasteiger partial charge in [-0.15, -0.1) is 5.10 Å². The van der Waals surface area contributed by atoms with E-state index in [1.165, 1.54) is 0 Å². The van der Waals surface area contributed by atoms with Crippen molar-refractivity contribution in [2.24, 2.45) is 0 Å². The Kier molecular flexibility index (Phi) is 6.19. The summed E-state index contributed by atoms with van der Waals surface area (Å²) in [6.45, 7) is 1.83. The molecule has 0 aliphatic carbocycles. The molecule has 0 spiro atoms. The second kappa shape index (κ2) is 9.44. The topological polar surface area (TPSA) is 81.1 Å². The summed E-state index contributed by atoms with van der Waals surface area (Å²) in [6.07, 6.45) is 0. The minimum atomic E-state index is -0.659. The Balaban J connectivity index is 1.64. The maximum Gasteiger partial charge on any atom is 0.255 e. The predicted octanol–water partition coefficient (Wildman–Crippen LogP) is 6.19. The van der Waals surface area contributed by atoms with Crippen LogP contribution in [0.1, 0.15) is 18.5 Å². The average Bonchev–Trinajstić information content (AvgIpc) is 3.29. The van der Waals surface area contributed by atoms with Gasteiger partial charge in [0, 0.05) is 22.5 Å². The monoisotopic (exact) mass is 505 g/mol. The van der Waals surface area contributed by atoms with Gasteiger partial charge in [0.05, 0.1) is 22.7 Å². The molecule has 3 aromatic carbocycles. The van der Waals surface area contributed by atoms with Gasteiger partial charge in [0.1, 0.15) is 11.8 Å². The van der Waals surface area contributed by atoms with Crippen molar-refractivity contribution in [2.45, 2.75) is 13.0 Å². The van der Waals surface area contributed by atoms with E-state index in [4.69, 9.17) is 38.0 Å². The SMILES string of the molecule is COc1cccc(-c2nc3n(n2)C(c2cccc(Cl)c2Cl)C(C(=O)Nc2ccccc2)=C(C)N3)c1. The lowest BCUT2D eigenvalue weighted by Crippen LogP contribution is -2.31. The number of hydrogen-bond donors (Lipinski definition) is 2. The van der Waals surface area contributed by atoms with Crippen molar-refractivity contribution in [3.63, 3.8) is 0 Å². The molecular formula is C26H21Cl2N5O2. The number of carbonyl (C=O) groups is 1. The van der Waals surface area contributed by atoms with Crippen LogP contribution in [0, 0.1) is 0 Å². The number of amides is 1. The van der Waals surface area contributed by atoms with Crippen LogP contribution in [0.2, 0.25) is 10.0 Å². The van der Waals surface area contributed by atoms with Crippen molar-refractivity contribution < 1.29 is 9.53 Å². The molecule has 2 heterocycles. The normalized spacial score (nSPS) is 14.8. The minimum Gasteiger partial charge on any atom is -0.497 e. The zero-order valence-electron chi connectivity index (χ0n) is 18.9. The molecule has 1 aliphatic rings.